The number of halogens is 1. The lowest BCUT2D eigenvalue weighted by Gasteiger charge is -2.08. The molecule has 0 spiro atoms. The fraction of sp³-hybridized carbons (Fsp3) is 0.211. The minimum atomic E-state index is -0.634. The molecule has 0 saturated carbocycles. The normalized spacial score (nSPS) is 10.1. The SMILES string of the molecule is CC(=O)Nc1cccc(C(=O)OCC(=O)NCCc2ccc(Cl)cc2)c1. The standard InChI is InChI=1S/C19H19ClN2O4/c1-13(23)22-17-4-2-3-15(11-17)19(25)26-12-18(24)21-10-9-14-5-7-16(20)8-6-14/h2-8,11H,9-10,12H2,1H3,(H,21,24)(H,22,23). The van der Waals surface area contributed by atoms with E-state index in [0.29, 0.717) is 23.7 Å². The lowest BCUT2D eigenvalue weighted by molar-refractivity contribution is -0.124. The van der Waals surface area contributed by atoms with Crippen LogP contribution in [0.25, 0.3) is 0 Å². The summed E-state index contributed by atoms with van der Waals surface area (Å²) in [6.07, 6.45) is 0.648. The Labute approximate surface area is 156 Å². The van der Waals surface area contributed by atoms with Crippen molar-refractivity contribution < 1.29 is 19.1 Å². The Morgan fingerprint density at radius 1 is 1.08 bits per heavy atom. The predicted molar refractivity (Wildman–Crippen MR) is 99.2 cm³/mol. The van der Waals surface area contributed by atoms with Crippen LogP contribution < -0.4 is 10.6 Å². The molecule has 0 aliphatic rings. The Morgan fingerprint density at radius 3 is 2.50 bits per heavy atom. The molecule has 0 bridgehead atoms. The second-order valence-electron chi connectivity index (χ2n) is 5.56. The van der Waals surface area contributed by atoms with Gasteiger partial charge in [0.1, 0.15) is 0 Å². The van der Waals surface area contributed by atoms with Crippen molar-refractivity contribution in [3.05, 3.63) is 64.7 Å². The molecular formula is C19H19ClN2O4. The number of amides is 2. The van der Waals surface area contributed by atoms with Gasteiger partial charge < -0.3 is 15.4 Å². The van der Waals surface area contributed by atoms with Crippen LogP contribution in [0.15, 0.2) is 48.5 Å². The fourth-order valence-electron chi connectivity index (χ4n) is 2.19. The first-order valence-electron chi connectivity index (χ1n) is 8.00. The van der Waals surface area contributed by atoms with Crippen LogP contribution in [-0.2, 0) is 20.7 Å². The van der Waals surface area contributed by atoms with Gasteiger partial charge in [-0.25, -0.2) is 4.79 Å². The molecule has 6 nitrogen and oxygen atoms in total. The predicted octanol–water partition coefficient (Wildman–Crippen LogP) is 2.81. The van der Waals surface area contributed by atoms with Crippen molar-refractivity contribution in [2.24, 2.45) is 0 Å². The molecule has 7 heteroatoms. The van der Waals surface area contributed by atoms with Crippen LogP contribution in [0.4, 0.5) is 5.69 Å². The van der Waals surface area contributed by atoms with Crippen molar-refractivity contribution >= 4 is 35.1 Å². The summed E-state index contributed by atoms with van der Waals surface area (Å²) in [5, 5.41) is 5.92. The van der Waals surface area contributed by atoms with Gasteiger partial charge in [0, 0.05) is 24.2 Å². The molecule has 0 aromatic heterocycles. The van der Waals surface area contributed by atoms with Gasteiger partial charge in [-0.1, -0.05) is 29.8 Å². The lowest BCUT2D eigenvalue weighted by Crippen LogP contribution is -2.30. The molecule has 2 aromatic rings. The number of nitrogens with one attached hydrogen (secondary N) is 2. The quantitative estimate of drug-likeness (QED) is 0.730. The minimum absolute atomic E-state index is 0.240. The van der Waals surface area contributed by atoms with Crippen molar-refractivity contribution in [1.82, 2.24) is 5.32 Å². The first-order valence-corrected chi connectivity index (χ1v) is 8.38. The van der Waals surface area contributed by atoms with E-state index in [1.165, 1.54) is 13.0 Å². The summed E-state index contributed by atoms with van der Waals surface area (Å²) in [4.78, 5) is 34.8. The third kappa shape index (κ3) is 6.57. The van der Waals surface area contributed by atoms with Gasteiger partial charge >= 0.3 is 5.97 Å². The van der Waals surface area contributed by atoms with Crippen LogP contribution in [0.5, 0.6) is 0 Å². The average molecular weight is 375 g/mol. The number of anilines is 1. The number of hydrogen-bond acceptors (Lipinski definition) is 4. The third-order valence-corrected chi connectivity index (χ3v) is 3.65. The van der Waals surface area contributed by atoms with E-state index in [2.05, 4.69) is 10.6 Å². The highest BCUT2D eigenvalue weighted by atomic mass is 35.5. The maximum atomic E-state index is 12.0. The second kappa shape index (κ2) is 9.58. The van der Waals surface area contributed by atoms with Crippen LogP contribution in [0.3, 0.4) is 0 Å². The van der Waals surface area contributed by atoms with Gasteiger partial charge in [-0.05, 0) is 42.3 Å². The number of ether oxygens (including phenoxy) is 1. The molecule has 0 atom stereocenters. The Morgan fingerprint density at radius 2 is 1.81 bits per heavy atom. The van der Waals surface area contributed by atoms with Crippen LogP contribution in [0.1, 0.15) is 22.8 Å². The van der Waals surface area contributed by atoms with E-state index in [0.717, 1.165) is 5.56 Å². The molecule has 0 heterocycles. The smallest absolute Gasteiger partial charge is 0.338 e. The minimum Gasteiger partial charge on any atom is -0.452 e. The molecule has 2 amide bonds. The molecular weight excluding hydrogens is 356 g/mol. The number of rotatable bonds is 7. The lowest BCUT2D eigenvalue weighted by atomic mass is 10.1. The van der Waals surface area contributed by atoms with E-state index in [4.69, 9.17) is 16.3 Å². The average Bonchev–Trinajstić information content (AvgIpc) is 2.61. The van der Waals surface area contributed by atoms with Crippen LogP contribution in [0, 0.1) is 0 Å². The number of benzene rings is 2. The third-order valence-electron chi connectivity index (χ3n) is 3.40. The number of esters is 1. The highest BCUT2D eigenvalue weighted by molar-refractivity contribution is 6.30. The summed E-state index contributed by atoms with van der Waals surface area (Å²) in [6, 6.07) is 13.7. The van der Waals surface area contributed by atoms with Crippen LogP contribution in [-0.4, -0.2) is 30.9 Å². The van der Waals surface area contributed by atoms with Gasteiger partial charge in [-0.3, -0.25) is 9.59 Å². The fourth-order valence-corrected chi connectivity index (χ4v) is 2.32. The Bertz CT molecular complexity index is 790. The van der Waals surface area contributed by atoms with Crippen LogP contribution in [0.2, 0.25) is 5.02 Å². The maximum Gasteiger partial charge on any atom is 0.338 e. The highest BCUT2D eigenvalue weighted by Gasteiger charge is 2.11. The van der Waals surface area contributed by atoms with E-state index in [1.807, 2.05) is 12.1 Å². The summed E-state index contributed by atoms with van der Waals surface area (Å²) in [6.45, 7) is 1.43. The van der Waals surface area contributed by atoms with Gasteiger partial charge in [0.05, 0.1) is 5.56 Å². The van der Waals surface area contributed by atoms with E-state index in [1.54, 1.807) is 30.3 Å². The molecule has 2 aromatic carbocycles. The van der Waals surface area contributed by atoms with Gasteiger partial charge in [0.25, 0.3) is 5.91 Å². The number of hydrogen-bond donors (Lipinski definition) is 2. The monoisotopic (exact) mass is 374 g/mol. The summed E-state index contributed by atoms with van der Waals surface area (Å²) in [5.41, 5.74) is 1.78. The van der Waals surface area contributed by atoms with Crippen molar-refractivity contribution in [3.63, 3.8) is 0 Å². The van der Waals surface area contributed by atoms with Crippen molar-refractivity contribution in [2.45, 2.75) is 13.3 Å². The van der Waals surface area contributed by atoms with Gasteiger partial charge in [-0.15, -0.1) is 0 Å². The van der Waals surface area contributed by atoms with Gasteiger partial charge in [0.15, 0.2) is 6.61 Å². The molecule has 2 N–H and O–H groups in total. The maximum absolute atomic E-state index is 12.0. The molecule has 2 rings (SSSR count). The Balaban J connectivity index is 1.75. The molecule has 0 aliphatic heterocycles. The molecule has 0 saturated heterocycles. The summed E-state index contributed by atoms with van der Waals surface area (Å²) in [5.74, 6) is -1.26. The van der Waals surface area contributed by atoms with Crippen molar-refractivity contribution in [2.75, 3.05) is 18.5 Å². The van der Waals surface area contributed by atoms with E-state index >= 15 is 0 Å². The zero-order valence-corrected chi connectivity index (χ0v) is 15.0. The van der Waals surface area contributed by atoms with E-state index in [9.17, 15) is 14.4 Å². The van der Waals surface area contributed by atoms with E-state index < -0.39 is 5.97 Å². The second-order valence-corrected chi connectivity index (χ2v) is 6.00. The highest BCUT2D eigenvalue weighted by Crippen LogP contribution is 2.12. The van der Waals surface area contributed by atoms with Crippen molar-refractivity contribution in [1.29, 1.82) is 0 Å². The zero-order valence-electron chi connectivity index (χ0n) is 14.3. The largest absolute Gasteiger partial charge is 0.452 e. The van der Waals surface area contributed by atoms with Crippen molar-refractivity contribution in [3.8, 4) is 0 Å². The first kappa shape index (κ1) is 19.5. The zero-order chi connectivity index (χ0) is 18.9. The molecule has 0 aliphatic carbocycles. The summed E-state index contributed by atoms with van der Waals surface area (Å²) < 4.78 is 4.99. The summed E-state index contributed by atoms with van der Waals surface area (Å²) >= 11 is 5.81. The van der Waals surface area contributed by atoms with E-state index in [-0.39, 0.29) is 24.0 Å². The molecule has 0 radical (unpaired) electrons. The molecule has 0 unspecified atom stereocenters. The number of carbonyl (C=O) groups is 3. The van der Waals surface area contributed by atoms with Gasteiger partial charge in [0.2, 0.25) is 5.91 Å². The topological polar surface area (TPSA) is 84.5 Å². The summed E-state index contributed by atoms with van der Waals surface area (Å²) in [7, 11) is 0. The molecule has 26 heavy (non-hydrogen) atoms. The number of carbonyl (C=O) groups excluding carboxylic acids is 3. The molecule has 136 valence electrons. The Kier molecular flexibility index (Phi) is 7.17. The van der Waals surface area contributed by atoms with Crippen LogP contribution >= 0.6 is 11.6 Å². The Hall–Kier alpha value is -2.86. The van der Waals surface area contributed by atoms with Gasteiger partial charge in [-0.2, -0.15) is 0 Å². The first-order chi connectivity index (χ1) is 12.4. The molecule has 0 fully saturated rings.